The summed E-state index contributed by atoms with van der Waals surface area (Å²) in [6.07, 6.45) is 6.41. The van der Waals surface area contributed by atoms with E-state index in [1.807, 2.05) is 0 Å². The molecule has 4 saturated heterocycles. The number of ether oxygens (including phenoxy) is 12. The van der Waals surface area contributed by atoms with E-state index in [1.54, 1.807) is 48.5 Å². The first kappa shape index (κ1) is 50.1. The third kappa shape index (κ3) is 15.1. The molecule has 18 heteroatoms. The minimum absolute atomic E-state index is 0.0176. The summed E-state index contributed by atoms with van der Waals surface area (Å²) >= 11 is 0. The van der Waals surface area contributed by atoms with E-state index in [-0.39, 0.29) is 70.7 Å². The van der Waals surface area contributed by atoms with Gasteiger partial charge in [0, 0.05) is 12.8 Å². The van der Waals surface area contributed by atoms with Crippen molar-refractivity contribution in [1.82, 2.24) is 0 Å². The zero-order valence-electron chi connectivity index (χ0n) is 39.6. The molecule has 72 heavy (non-hydrogen) atoms. The molecule has 4 aromatic rings. The molecule has 1 saturated carbocycles. The van der Waals surface area contributed by atoms with Crippen LogP contribution in [0.15, 0.2) is 84.9 Å². The summed E-state index contributed by atoms with van der Waals surface area (Å²) in [6.45, 7) is 3.92. The fourth-order valence-electron chi connectivity index (χ4n) is 7.96. The number of benzene rings is 4. The smallest absolute Gasteiger partial charge is 0.343 e. The molecule has 0 amide bonds. The maximum Gasteiger partial charge on any atom is 0.343 e. The van der Waals surface area contributed by atoms with Gasteiger partial charge in [0.15, 0.2) is 0 Å². The fraction of sp³-hybridized carbons (Fsp3) is 0.444. The second-order valence-electron chi connectivity index (χ2n) is 18.2. The van der Waals surface area contributed by atoms with E-state index in [0.29, 0.717) is 88.7 Å². The van der Waals surface area contributed by atoms with Gasteiger partial charge in [-0.15, -0.1) is 0 Å². The zero-order valence-corrected chi connectivity index (χ0v) is 39.6. The van der Waals surface area contributed by atoms with Crippen molar-refractivity contribution in [3.8, 4) is 34.5 Å². The average molecular weight is 993 g/mol. The summed E-state index contributed by atoms with van der Waals surface area (Å²) in [5.74, 6) is -4.22. The van der Waals surface area contributed by atoms with E-state index >= 15 is 0 Å². The Morgan fingerprint density at radius 2 is 0.750 bits per heavy atom. The predicted octanol–water partition coefficient (Wildman–Crippen LogP) is 7.45. The van der Waals surface area contributed by atoms with Crippen LogP contribution in [0.1, 0.15) is 106 Å². The van der Waals surface area contributed by atoms with E-state index in [9.17, 15) is 28.8 Å². The fourth-order valence-corrected chi connectivity index (χ4v) is 7.96. The standard InChI is InChI=1S/C54H56O18/c55-49(69-39-17-19-47(45(27-39)53(59)63-25-21-43-31-67-43)71-51(57)35-9-13-37(14-10-35)61-23-1-3-41-29-65-41)33-5-7-34(8-6-33)50(56)70-40-18-20-48(46(28-40)54(60)64-26-22-44-32-68-44)72-52(58)36-11-15-38(16-12-36)62-24-2-4-42-30-66-42/h9-20,27-28,33-34,41-44H,1-8,21-26,29-32H2/t33-,34-,41?,42?,43?,44?. The SMILES string of the molecule is O=C(Oc1ccc(OC(=O)[C@H]2CC[C@H](C(=O)Oc3ccc(OC(=O)c4ccc(OCCCC5CO5)cc4)c(C(=O)OCCC4CO4)c3)CC2)cc1C(=O)OCCC1CO1)c1ccc(OCCCC2CO2)cc1. The Morgan fingerprint density at radius 1 is 0.403 bits per heavy atom. The van der Waals surface area contributed by atoms with Crippen LogP contribution in [0.2, 0.25) is 0 Å². The summed E-state index contributed by atoms with van der Waals surface area (Å²) < 4.78 is 66.2. The number of esters is 6. The molecule has 18 nitrogen and oxygen atoms in total. The van der Waals surface area contributed by atoms with Crippen molar-refractivity contribution in [2.45, 2.75) is 88.6 Å². The maximum absolute atomic E-state index is 13.5. The molecule has 0 aromatic heterocycles. The maximum atomic E-state index is 13.5. The molecule has 1 aliphatic carbocycles. The van der Waals surface area contributed by atoms with Gasteiger partial charge in [0.25, 0.3) is 0 Å². The Kier molecular flexibility index (Phi) is 16.7. The molecule has 0 N–H and O–H groups in total. The highest BCUT2D eigenvalue weighted by Gasteiger charge is 2.34. The first-order valence-electron chi connectivity index (χ1n) is 24.5. The molecule has 380 valence electrons. The molecule has 5 aliphatic rings. The lowest BCUT2D eigenvalue weighted by molar-refractivity contribution is -0.145. The van der Waals surface area contributed by atoms with Crippen molar-refractivity contribution in [3.05, 3.63) is 107 Å². The van der Waals surface area contributed by atoms with Crippen molar-refractivity contribution in [3.63, 3.8) is 0 Å². The molecule has 4 aromatic carbocycles. The van der Waals surface area contributed by atoms with Crippen LogP contribution in [0.4, 0.5) is 0 Å². The highest BCUT2D eigenvalue weighted by molar-refractivity contribution is 5.98. The lowest BCUT2D eigenvalue weighted by Crippen LogP contribution is -2.30. The molecule has 0 spiro atoms. The third-order valence-electron chi connectivity index (χ3n) is 12.6. The van der Waals surface area contributed by atoms with Gasteiger partial charge in [0.1, 0.15) is 45.6 Å². The third-order valence-corrected chi connectivity index (χ3v) is 12.6. The number of carbonyl (C=O) groups is 6. The molecule has 4 unspecified atom stereocenters. The van der Waals surface area contributed by atoms with Gasteiger partial charge in [-0.05, 0) is 136 Å². The number of carbonyl (C=O) groups excluding carboxylic acids is 6. The number of rotatable bonds is 26. The second kappa shape index (κ2) is 24.0. The normalized spacial score (nSPS) is 21.3. The topological polar surface area (TPSA) is 226 Å². The molecule has 4 atom stereocenters. The van der Waals surface area contributed by atoms with E-state index in [2.05, 4.69) is 0 Å². The van der Waals surface area contributed by atoms with E-state index in [4.69, 9.17) is 56.8 Å². The quantitative estimate of drug-likeness (QED) is 0.0258. The van der Waals surface area contributed by atoms with E-state index in [1.165, 1.54) is 36.4 Å². The Labute approximate surface area is 415 Å². The van der Waals surface area contributed by atoms with E-state index in [0.717, 1.165) is 38.9 Å². The highest BCUT2D eigenvalue weighted by atomic mass is 16.6. The van der Waals surface area contributed by atoms with Crippen molar-refractivity contribution < 1.29 is 85.6 Å². The van der Waals surface area contributed by atoms with Crippen LogP contribution in [0.25, 0.3) is 0 Å². The Bertz CT molecular complexity index is 2370. The van der Waals surface area contributed by atoms with Gasteiger partial charge < -0.3 is 56.8 Å². The molecule has 4 heterocycles. The second-order valence-corrected chi connectivity index (χ2v) is 18.2. The number of hydrogen-bond donors (Lipinski definition) is 0. The molecular formula is C54H56O18. The van der Waals surface area contributed by atoms with Crippen LogP contribution in [-0.4, -0.2) is 113 Å². The molecule has 0 bridgehead atoms. The molecule has 5 fully saturated rings. The van der Waals surface area contributed by atoms with Gasteiger partial charge in [-0.3, -0.25) is 9.59 Å². The van der Waals surface area contributed by atoms with Crippen molar-refractivity contribution in [2.75, 3.05) is 52.9 Å². The summed E-state index contributed by atoms with van der Waals surface area (Å²) in [5, 5.41) is 0. The largest absolute Gasteiger partial charge is 0.494 e. The van der Waals surface area contributed by atoms with Gasteiger partial charge >= 0.3 is 35.8 Å². The molecule has 0 radical (unpaired) electrons. The first-order valence-corrected chi connectivity index (χ1v) is 24.5. The van der Waals surface area contributed by atoms with Crippen LogP contribution < -0.4 is 28.4 Å². The monoisotopic (exact) mass is 992 g/mol. The first-order chi connectivity index (χ1) is 35.1. The van der Waals surface area contributed by atoms with Crippen molar-refractivity contribution in [2.24, 2.45) is 11.8 Å². The van der Waals surface area contributed by atoms with Crippen LogP contribution >= 0.6 is 0 Å². The highest BCUT2D eigenvalue weighted by Crippen LogP contribution is 2.34. The Balaban J connectivity index is 0.780. The van der Waals surface area contributed by atoms with Crippen LogP contribution in [0, 0.1) is 11.8 Å². The van der Waals surface area contributed by atoms with Crippen LogP contribution in [-0.2, 0) is 38.0 Å². The Morgan fingerprint density at radius 3 is 1.11 bits per heavy atom. The summed E-state index contributed by atoms with van der Waals surface area (Å²) in [7, 11) is 0. The summed E-state index contributed by atoms with van der Waals surface area (Å²) in [4.78, 5) is 80.1. The van der Waals surface area contributed by atoms with Gasteiger partial charge in [0.2, 0.25) is 0 Å². The average Bonchev–Trinajstić information content (AvgIpc) is 4.15. The molecule has 9 rings (SSSR count). The predicted molar refractivity (Wildman–Crippen MR) is 251 cm³/mol. The van der Waals surface area contributed by atoms with Crippen LogP contribution in [0.3, 0.4) is 0 Å². The lowest BCUT2D eigenvalue weighted by atomic mass is 9.82. The molecular weight excluding hydrogens is 937 g/mol. The number of hydrogen-bond acceptors (Lipinski definition) is 18. The van der Waals surface area contributed by atoms with Crippen molar-refractivity contribution >= 4 is 35.8 Å². The summed E-state index contributed by atoms with van der Waals surface area (Å²) in [6, 6.07) is 21.1. The van der Waals surface area contributed by atoms with Crippen LogP contribution in [0.5, 0.6) is 34.5 Å². The minimum Gasteiger partial charge on any atom is -0.494 e. The van der Waals surface area contributed by atoms with Crippen molar-refractivity contribution in [1.29, 1.82) is 0 Å². The lowest BCUT2D eigenvalue weighted by Gasteiger charge is -2.26. The van der Waals surface area contributed by atoms with Gasteiger partial charge in [0.05, 0.1) is 100 Å². The molecule has 4 aliphatic heterocycles. The number of epoxide rings is 4. The minimum atomic E-state index is -0.780. The van der Waals surface area contributed by atoms with Gasteiger partial charge in [-0.2, -0.15) is 0 Å². The van der Waals surface area contributed by atoms with Gasteiger partial charge in [-0.25, -0.2) is 19.2 Å². The Hall–Kier alpha value is -6.86. The summed E-state index contributed by atoms with van der Waals surface area (Å²) in [5.41, 5.74) is 0.212. The zero-order chi connectivity index (χ0) is 49.8. The van der Waals surface area contributed by atoms with Gasteiger partial charge in [-0.1, -0.05) is 0 Å². The van der Waals surface area contributed by atoms with E-state index < -0.39 is 47.7 Å².